The van der Waals surface area contributed by atoms with Gasteiger partial charge in [0.25, 0.3) is 5.56 Å². The molecule has 0 unspecified atom stereocenters. The van der Waals surface area contributed by atoms with Gasteiger partial charge in [0.15, 0.2) is 10.9 Å². The van der Waals surface area contributed by atoms with E-state index in [9.17, 15) is 9.59 Å². The molecule has 5 nitrogen and oxygen atoms in total. The molecule has 0 atom stereocenters. The molecule has 0 N–H and O–H groups in total. The topological polar surface area (TPSA) is 55.2 Å². The van der Waals surface area contributed by atoms with Gasteiger partial charge in [0.05, 0.1) is 16.8 Å². The Morgan fingerprint density at radius 1 is 1.10 bits per heavy atom. The van der Waals surface area contributed by atoms with Gasteiger partial charge in [-0.25, -0.2) is 4.98 Å². The van der Waals surface area contributed by atoms with Crippen LogP contribution in [0.4, 0.5) is 5.69 Å². The summed E-state index contributed by atoms with van der Waals surface area (Å²) in [5, 5.41) is 1.34. The normalized spacial score (nSPS) is 17.1. The highest BCUT2D eigenvalue weighted by Crippen LogP contribution is 2.46. The van der Waals surface area contributed by atoms with E-state index in [1.807, 2.05) is 38.2 Å². The lowest BCUT2D eigenvalue weighted by Gasteiger charge is -2.24. The minimum absolute atomic E-state index is 0.00901. The molecule has 1 aliphatic carbocycles. The minimum atomic E-state index is -0.264. The molecule has 7 heteroatoms. The van der Waals surface area contributed by atoms with Crippen molar-refractivity contribution in [2.75, 3.05) is 17.7 Å². The van der Waals surface area contributed by atoms with Crippen molar-refractivity contribution in [1.29, 1.82) is 0 Å². The summed E-state index contributed by atoms with van der Waals surface area (Å²) in [6.07, 6.45) is 5.98. The molecule has 6 rings (SSSR count). The van der Waals surface area contributed by atoms with Gasteiger partial charge in [-0.3, -0.25) is 14.2 Å². The monoisotopic (exact) mass is 555 g/mol. The largest absolute Gasteiger partial charge is 0.347 e. The quantitative estimate of drug-likeness (QED) is 0.152. The van der Waals surface area contributed by atoms with E-state index in [2.05, 4.69) is 43.9 Å². The van der Waals surface area contributed by atoms with Crippen LogP contribution in [0, 0.1) is 13.8 Å². The molecule has 0 saturated heterocycles. The van der Waals surface area contributed by atoms with Gasteiger partial charge in [-0.1, -0.05) is 61.5 Å². The maximum Gasteiger partial charge on any atom is 0.267 e. The number of thioether (sulfide) groups is 1. The Labute approximate surface area is 237 Å². The average Bonchev–Trinajstić information content (AvgIpc) is 3.37. The van der Waals surface area contributed by atoms with Crippen LogP contribution in [-0.4, -0.2) is 28.1 Å². The van der Waals surface area contributed by atoms with Crippen molar-refractivity contribution in [2.24, 2.45) is 0 Å². The highest BCUT2D eigenvalue weighted by Gasteiger charge is 2.38. The number of ketones is 1. The first-order chi connectivity index (χ1) is 18.7. The zero-order valence-corrected chi connectivity index (χ0v) is 24.8. The van der Waals surface area contributed by atoms with Gasteiger partial charge in [0, 0.05) is 34.8 Å². The van der Waals surface area contributed by atoms with Crippen LogP contribution < -0.4 is 10.5 Å². The maximum atomic E-state index is 14.1. The predicted octanol–water partition coefficient (Wildman–Crippen LogP) is 6.92. The first-order valence-electron chi connectivity index (χ1n) is 13.5. The number of hydrogen-bond donors (Lipinski definition) is 0. The molecule has 4 aromatic rings. The molecule has 0 spiro atoms. The number of nitrogens with zero attached hydrogens (tertiary/aromatic N) is 3. The first-order valence-corrected chi connectivity index (χ1v) is 15.3. The lowest BCUT2D eigenvalue weighted by atomic mass is 9.83. The summed E-state index contributed by atoms with van der Waals surface area (Å²) in [6, 6.07) is 14.4. The molecule has 200 valence electrons. The second kappa shape index (κ2) is 9.79. The summed E-state index contributed by atoms with van der Waals surface area (Å²) in [4.78, 5) is 36.7. The van der Waals surface area contributed by atoms with Crippen molar-refractivity contribution in [3.63, 3.8) is 0 Å². The Bertz CT molecular complexity index is 1730. The lowest BCUT2D eigenvalue weighted by Crippen LogP contribution is -2.25. The Balaban J connectivity index is 1.39. The van der Waals surface area contributed by atoms with Gasteiger partial charge in [0.1, 0.15) is 4.83 Å². The number of allylic oxidation sites excluding steroid dienone is 2. The van der Waals surface area contributed by atoms with Crippen molar-refractivity contribution < 1.29 is 4.79 Å². The van der Waals surface area contributed by atoms with Crippen LogP contribution in [0.5, 0.6) is 0 Å². The van der Waals surface area contributed by atoms with Crippen LogP contribution in [0.1, 0.15) is 53.8 Å². The molecule has 39 heavy (non-hydrogen) atoms. The summed E-state index contributed by atoms with van der Waals surface area (Å²) in [6.45, 7) is 8.40. The summed E-state index contributed by atoms with van der Waals surface area (Å²) in [5.41, 5.74) is 7.22. The fourth-order valence-corrected chi connectivity index (χ4v) is 8.27. The number of fused-ring (bicyclic) bond motifs is 4. The van der Waals surface area contributed by atoms with E-state index in [1.54, 1.807) is 22.0 Å². The molecule has 0 bridgehead atoms. The van der Waals surface area contributed by atoms with Crippen molar-refractivity contribution >= 4 is 44.8 Å². The smallest absolute Gasteiger partial charge is 0.267 e. The molecule has 2 aromatic carbocycles. The minimum Gasteiger partial charge on any atom is -0.347 e. The van der Waals surface area contributed by atoms with Gasteiger partial charge in [-0.2, -0.15) is 0 Å². The summed E-state index contributed by atoms with van der Waals surface area (Å²) in [7, 11) is 2.02. The number of aryl methyl sites for hydroxylation is 4. The number of likely N-dealkylation sites (N-methyl/N-ethyl adjacent to an activating group) is 1. The number of benzene rings is 2. The highest BCUT2D eigenvalue weighted by atomic mass is 32.2. The van der Waals surface area contributed by atoms with E-state index in [-0.39, 0.29) is 22.5 Å². The zero-order valence-electron chi connectivity index (χ0n) is 23.1. The third-order valence-electron chi connectivity index (χ3n) is 8.13. The van der Waals surface area contributed by atoms with Crippen molar-refractivity contribution in [3.8, 4) is 5.69 Å². The molecular weight excluding hydrogens is 523 g/mol. The van der Waals surface area contributed by atoms with Crippen molar-refractivity contribution in [3.05, 3.63) is 91.7 Å². The Morgan fingerprint density at radius 2 is 1.87 bits per heavy atom. The molecule has 0 fully saturated rings. The summed E-state index contributed by atoms with van der Waals surface area (Å²) < 4.78 is 1.74. The van der Waals surface area contributed by atoms with Gasteiger partial charge in [-0.15, -0.1) is 11.3 Å². The number of anilines is 1. The summed E-state index contributed by atoms with van der Waals surface area (Å²) >= 11 is 3.00. The van der Waals surface area contributed by atoms with Crippen LogP contribution >= 0.6 is 23.1 Å². The Kier molecular flexibility index (Phi) is 6.55. The van der Waals surface area contributed by atoms with Crippen LogP contribution in [0.25, 0.3) is 15.9 Å². The third-order valence-corrected chi connectivity index (χ3v) is 10.3. The lowest BCUT2D eigenvalue weighted by molar-refractivity contribution is -0.112. The number of thiophene rings is 1. The molecule has 3 heterocycles. The zero-order chi connectivity index (χ0) is 27.5. The molecule has 2 aromatic heterocycles. The molecule has 0 saturated carbocycles. The molecular formula is C32H33N3O2S2. The van der Waals surface area contributed by atoms with E-state index in [0.29, 0.717) is 5.16 Å². The van der Waals surface area contributed by atoms with Crippen molar-refractivity contribution in [1.82, 2.24) is 9.55 Å². The Morgan fingerprint density at radius 3 is 2.64 bits per heavy atom. The maximum absolute atomic E-state index is 14.1. The molecule has 2 aliphatic rings. The van der Waals surface area contributed by atoms with E-state index in [0.717, 1.165) is 64.1 Å². The third kappa shape index (κ3) is 4.36. The fourth-order valence-electron chi connectivity index (χ4n) is 6.14. The number of para-hydroxylation sites is 1. The SMILES string of the molecule is Cc1ccc(-n2c(SCC(=O)/C=C3/N(C)c4ccccc4C3(C)C)nc3sc4c(c3c2=O)CCCC4)c(C)c1. The standard InChI is InChI=1S/C32H33N3O2S2/c1-19-14-15-24(20(2)16-19)35-30(37)28-22-10-6-9-13-26(22)39-29(28)33-31(35)38-18-21(36)17-27-32(3,4)23-11-7-8-12-25(23)34(27)5/h7-8,11-12,14-17H,6,9-10,13,18H2,1-5H3/b27-17+. The van der Waals surface area contributed by atoms with Gasteiger partial charge < -0.3 is 4.90 Å². The number of carbonyl (C=O) groups is 1. The van der Waals surface area contributed by atoms with Gasteiger partial charge >= 0.3 is 0 Å². The number of carbonyl (C=O) groups excluding carboxylic acids is 1. The van der Waals surface area contributed by atoms with Crippen LogP contribution in [0.15, 0.2) is 64.2 Å². The summed E-state index contributed by atoms with van der Waals surface area (Å²) in [5.74, 6) is 0.215. The Hall–Kier alpha value is -3.16. The predicted molar refractivity (Wildman–Crippen MR) is 163 cm³/mol. The van der Waals surface area contributed by atoms with E-state index in [1.165, 1.54) is 27.8 Å². The molecule has 1 aliphatic heterocycles. The fraction of sp³-hybridized carbons (Fsp3) is 0.344. The highest BCUT2D eigenvalue weighted by molar-refractivity contribution is 7.99. The number of hydrogen-bond acceptors (Lipinski definition) is 6. The molecule has 0 radical (unpaired) electrons. The van der Waals surface area contributed by atoms with Gasteiger partial charge in [0.2, 0.25) is 0 Å². The second-order valence-electron chi connectivity index (χ2n) is 11.2. The second-order valence-corrected chi connectivity index (χ2v) is 13.2. The first kappa shape index (κ1) is 26.1. The van der Waals surface area contributed by atoms with Crippen molar-refractivity contribution in [2.45, 2.75) is 63.9 Å². The number of rotatable bonds is 5. The van der Waals surface area contributed by atoms with Crippen LogP contribution in [0.3, 0.4) is 0 Å². The van der Waals surface area contributed by atoms with Crippen LogP contribution in [0.2, 0.25) is 0 Å². The van der Waals surface area contributed by atoms with Crippen LogP contribution in [-0.2, 0) is 23.1 Å². The van der Waals surface area contributed by atoms with Gasteiger partial charge in [-0.05, 0) is 68.4 Å². The van der Waals surface area contributed by atoms with E-state index < -0.39 is 0 Å². The van der Waals surface area contributed by atoms with E-state index >= 15 is 0 Å². The molecule has 0 amide bonds. The number of aromatic nitrogens is 2. The van der Waals surface area contributed by atoms with E-state index in [4.69, 9.17) is 4.98 Å². The average molecular weight is 556 g/mol.